The summed E-state index contributed by atoms with van der Waals surface area (Å²) in [6.07, 6.45) is 3.05. The predicted molar refractivity (Wildman–Crippen MR) is 62.6 cm³/mol. The lowest BCUT2D eigenvalue weighted by atomic mass is 10.3. The highest BCUT2D eigenvalue weighted by Gasteiger charge is 2.24. The topological polar surface area (TPSA) is 105 Å². The Kier molecular flexibility index (Phi) is 3.38. The van der Waals surface area contributed by atoms with E-state index in [-0.39, 0.29) is 17.3 Å². The fourth-order valence-corrected chi connectivity index (χ4v) is 2.21. The number of carbonyl (C=O) groups excluding carboxylic acids is 1. The van der Waals surface area contributed by atoms with Crippen LogP contribution in [0.25, 0.3) is 10.7 Å². The van der Waals surface area contributed by atoms with Crippen molar-refractivity contribution in [1.29, 1.82) is 0 Å². The number of thiazole rings is 1. The summed E-state index contributed by atoms with van der Waals surface area (Å²) in [7, 11) is 0. The number of carboxylic acids is 1. The van der Waals surface area contributed by atoms with E-state index in [1.54, 1.807) is 13.1 Å². The van der Waals surface area contributed by atoms with Gasteiger partial charge in [0.15, 0.2) is 5.69 Å². The molecule has 0 fully saturated rings. The van der Waals surface area contributed by atoms with Gasteiger partial charge in [0.25, 0.3) is 0 Å². The van der Waals surface area contributed by atoms with E-state index < -0.39 is 11.9 Å². The Balaban J connectivity index is 2.45. The van der Waals surface area contributed by atoms with E-state index in [0.717, 1.165) is 11.3 Å². The van der Waals surface area contributed by atoms with E-state index in [0.29, 0.717) is 10.7 Å². The molecule has 2 aromatic heterocycles. The summed E-state index contributed by atoms with van der Waals surface area (Å²) in [6.45, 7) is 1.87. The minimum Gasteiger partial charge on any atom is -0.476 e. The molecule has 0 aliphatic carbocycles. The lowest BCUT2D eigenvalue weighted by Gasteiger charge is -1.95. The molecule has 0 unspecified atom stereocenters. The van der Waals surface area contributed by atoms with Gasteiger partial charge in [0.05, 0.1) is 6.61 Å². The Morgan fingerprint density at radius 2 is 2.33 bits per heavy atom. The molecular formula is C10H9N3O4S. The van der Waals surface area contributed by atoms with Crippen molar-refractivity contribution in [1.82, 2.24) is 15.0 Å². The van der Waals surface area contributed by atoms with Crippen LogP contribution in [0.3, 0.4) is 0 Å². The Morgan fingerprint density at radius 1 is 1.56 bits per heavy atom. The molecule has 0 aliphatic rings. The van der Waals surface area contributed by atoms with Crippen LogP contribution < -0.4 is 0 Å². The third kappa shape index (κ3) is 2.23. The maximum atomic E-state index is 11.5. The van der Waals surface area contributed by atoms with E-state index >= 15 is 0 Å². The van der Waals surface area contributed by atoms with Crippen LogP contribution in [-0.2, 0) is 4.74 Å². The second-order valence-corrected chi connectivity index (χ2v) is 4.16. The van der Waals surface area contributed by atoms with Crippen LogP contribution in [-0.4, -0.2) is 38.6 Å². The molecule has 2 heterocycles. The highest BCUT2D eigenvalue weighted by atomic mass is 32.1. The summed E-state index contributed by atoms with van der Waals surface area (Å²) in [5, 5.41) is 9.04. The van der Waals surface area contributed by atoms with Crippen LogP contribution in [0.5, 0.6) is 0 Å². The van der Waals surface area contributed by atoms with Crippen molar-refractivity contribution in [3.05, 3.63) is 23.1 Å². The van der Waals surface area contributed by atoms with Crippen LogP contribution in [0.1, 0.15) is 27.2 Å². The monoisotopic (exact) mass is 267 g/mol. The first-order chi connectivity index (χ1) is 8.63. The molecule has 94 valence electrons. The maximum Gasteiger partial charge on any atom is 0.367 e. The van der Waals surface area contributed by atoms with Crippen molar-refractivity contribution < 1.29 is 19.4 Å². The van der Waals surface area contributed by atoms with E-state index in [1.807, 2.05) is 0 Å². The van der Waals surface area contributed by atoms with Crippen molar-refractivity contribution in [2.75, 3.05) is 6.61 Å². The molecule has 0 amide bonds. The smallest absolute Gasteiger partial charge is 0.367 e. The number of rotatable bonds is 4. The number of aromatic nitrogens is 3. The normalized spacial score (nSPS) is 10.3. The van der Waals surface area contributed by atoms with Gasteiger partial charge in [0.2, 0.25) is 5.01 Å². The van der Waals surface area contributed by atoms with Gasteiger partial charge in [-0.15, -0.1) is 11.3 Å². The molecule has 8 heteroatoms. The molecule has 0 bridgehead atoms. The van der Waals surface area contributed by atoms with Crippen molar-refractivity contribution in [2.45, 2.75) is 6.92 Å². The summed E-state index contributed by atoms with van der Waals surface area (Å²) in [4.78, 5) is 33.4. The minimum absolute atomic E-state index is 0.000602. The number of nitrogens with zero attached hydrogens (tertiary/aromatic N) is 2. The summed E-state index contributed by atoms with van der Waals surface area (Å²) < 4.78 is 4.78. The lowest BCUT2D eigenvalue weighted by molar-refractivity contribution is 0.0526. The van der Waals surface area contributed by atoms with Gasteiger partial charge in [-0.1, -0.05) is 0 Å². The summed E-state index contributed by atoms with van der Waals surface area (Å²) >= 11 is 0.933. The number of hydrogen-bond acceptors (Lipinski definition) is 6. The van der Waals surface area contributed by atoms with E-state index in [1.165, 1.54) is 6.20 Å². The van der Waals surface area contributed by atoms with Crippen molar-refractivity contribution in [3.8, 4) is 10.7 Å². The van der Waals surface area contributed by atoms with Crippen LogP contribution in [0, 0.1) is 0 Å². The molecule has 0 saturated heterocycles. The number of hydrogen-bond donors (Lipinski definition) is 2. The first-order valence-electron chi connectivity index (χ1n) is 5.04. The lowest BCUT2D eigenvalue weighted by Crippen LogP contribution is -2.05. The summed E-state index contributed by atoms with van der Waals surface area (Å²) in [5.41, 5.74) is -0.210. The Bertz CT molecular complexity index is 576. The zero-order chi connectivity index (χ0) is 13.1. The number of carboxylic acid groups (broad SMARTS) is 1. The van der Waals surface area contributed by atoms with Crippen molar-refractivity contribution in [3.63, 3.8) is 0 Å². The first kappa shape index (κ1) is 12.2. The maximum absolute atomic E-state index is 11.5. The van der Waals surface area contributed by atoms with E-state index in [4.69, 9.17) is 9.84 Å². The van der Waals surface area contributed by atoms with Gasteiger partial charge in [-0.2, -0.15) is 0 Å². The van der Waals surface area contributed by atoms with Crippen LogP contribution in [0.4, 0.5) is 0 Å². The minimum atomic E-state index is -1.21. The zero-order valence-corrected chi connectivity index (χ0v) is 10.2. The molecule has 2 rings (SSSR count). The number of aromatic carboxylic acids is 1. The quantitative estimate of drug-likeness (QED) is 0.811. The number of aromatic amines is 1. The van der Waals surface area contributed by atoms with Crippen molar-refractivity contribution >= 4 is 23.3 Å². The molecule has 0 aromatic carbocycles. The predicted octanol–water partition coefficient (Wildman–Crippen LogP) is 1.41. The average molecular weight is 267 g/mol. The highest BCUT2D eigenvalue weighted by Crippen LogP contribution is 2.28. The van der Waals surface area contributed by atoms with E-state index in [9.17, 15) is 9.59 Å². The number of imidazole rings is 1. The van der Waals surface area contributed by atoms with Gasteiger partial charge < -0.3 is 14.8 Å². The number of H-pyrrole nitrogens is 1. The fraction of sp³-hybridized carbons (Fsp3) is 0.200. The average Bonchev–Trinajstić information content (AvgIpc) is 2.98. The second kappa shape index (κ2) is 4.96. The highest BCUT2D eigenvalue weighted by molar-refractivity contribution is 7.17. The van der Waals surface area contributed by atoms with Crippen LogP contribution >= 0.6 is 11.3 Å². The van der Waals surface area contributed by atoms with Gasteiger partial charge in [0, 0.05) is 12.4 Å². The fourth-order valence-electron chi connectivity index (χ4n) is 1.30. The number of esters is 1. The number of nitrogens with one attached hydrogen (secondary N) is 1. The Hall–Kier alpha value is -2.22. The molecule has 0 aliphatic heterocycles. The van der Waals surface area contributed by atoms with Gasteiger partial charge in [-0.25, -0.2) is 19.6 Å². The van der Waals surface area contributed by atoms with Crippen molar-refractivity contribution in [2.24, 2.45) is 0 Å². The molecule has 18 heavy (non-hydrogen) atoms. The summed E-state index contributed by atoms with van der Waals surface area (Å²) in [6, 6.07) is 0. The Labute approximate surface area is 105 Å². The molecular weight excluding hydrogens is 258 g/mol. The number of carbonyl (C=O) groups is 2. The molecule has 2 aromatic rings. The molecule has 0 saturated carbocycles. The van der Waals surface area contributed by atoms with Gasteiger partial charge in [0.1, 0.15) is 10.7 Å². The Morgan fingerprint density at radius 3 is 2.89 bits per heavy atom. The van der Waals surface area contributed by atoms with Crippen LogP contribution in [0.15, 0.2) is 12.4 Å². The summed E-state index contributed by atoms with van der Waals surface area (Å²) in [5.74, 6) is -1.49. The molecule has 0 radical (unpaired) electrons. The third-order valence-electron chi connectivity index (χ3n) is 1.99. The largest absolute Gasteiger partial charge is 0.476 e. The van der Waals surface area contributed by atoms with Gasteiger partial charge in [-0.3, -0.25) is 0 Å². The first-order valence-corrected chi connectivity index (χ1v) is 5.86. The standard InChI is InChI=1S/C10H9N3O4S/c1-2-17-10(16)8-13-5(9(14)15)6(18-8)7-11-3-4-12-7/h3-4H,2H2,1H3,(H,11,12)(H,14,15). The molecule has 2 N–H and O–H groups in total. The molecule has 0 spiro atoms. The molecule has 7 nitrogen and oxygen atoms in total. The van der Waals surface area contributed by atoms with Gasteiger partial charge in [-0.05, 0) is 6.92 Å². The SMILES string of the molecule is CCOC(=O)c1nc(C(=O)O)c(-c2ncc[nH]2)s1. The van der Waals surface area contributed by atoms with Crippen LogP contribution in [0.2, 0.25) is 0 Å². The number of ether oxygens (including phenoxy) is 1. The zero-order valence-electron chi connectivity index (χ0n) is 9.34. The molecule has 0 atom stereocenters. The second-order valence-electron chi connectivity index (χ2n) is 3.16. The van der Waals surface area contributed by atoms with E-state index in [2.05, 4.69) is 15.0 Å². The van der Waals surface area contributed by atoms with Gasteiger partial charge >= 0.3 is 11.9 Å². The third-order valence-corrected chi connectivity index (χ3v) is 3.04.